The maximum absolute atomic E-state index is 12.0. The molecule has 2 amide bonds. The molecule has 6 heteroatoms. The molecule has 110 valence electrons. The SMILES string of the molecule is CC(C)C[C@H](NC(=O)N1CCC(CCO)C1)C(=O)O. The van der Waals surface area contributed by atoms with Crippen molar-refractivity contribution in [1.82, 2.24) is 10.2 Å². The highest BCUT2D eigenvalue weighted by Gasteiger charge is 2.29. The van der Waals surface area contributed by atoms with E-state index in [1.165, 1.54) is 0 Å². The predicted octanol–water partition coefficient (Wildman–Crippen LogP) is 0.900. The van der Waals surface area contributed by atoms with Gasteiger partial charge in [-0.3, -0.25) is 0 Å². The topological polar surface area (TPSA) is 89.9 Å². The standard InChI is InChI=1S/C13H24N2O4/c1-9(2)7-11(12(17)18)14-13(19)15-5-3-10(8-15)4-6-16/h9-11,16H,3-8H2,1-2H3,(H,14,19)(H,17,18)/t10?,11-/m0/s1. The van der Waals surface area contributed by atoms with Crippen LogP contribution in [0.15, 0.2) is 0 Å². The number of likely N-dealkylation sites (tertiary alicyclic amines) is 1. The van der Waals surface area contributed by atoms with Gasteiger partial charge in [0.05, 0.1) is 0 Å². The van der Waals surface area contributed by atoms with Gasteiger partial charge in [-0.05, 0) is 31.1 Å². The molecule has 1 aliphatic heterocycles. The van der Waals surface area contributed by atoms with Gasteiger partial charge in [-0.1, -0.05) is 13.8 Å². The summed E-state index contributed by atoms with van der Waals surface area (Å²) < 4.78 is 0. The van der Waals surface area contributed by atoms with Crippen molar-refractivity contribution in [2.75, 3.05) is 19.7 Å². The van der Waals surface area contributed by atoms with Gasteiger partial charge < -0.3 is 20.4 Å². The van der Waals surface area contributed by atoms with Gasteiger partial charge in [-0.25, -0.2) is 9.59 Å². The Balaban J connectivity index is 2.47. The Morgan fingerprint density at radius 3 is 2.63 bits per heavy atom. The Hall–Kier alpha value is -1.30. The van der Waals surface area contributed by atoms with E-state index in [1.54, 1.807) is 4.90 Å². The van der Waals surface area contributed by atoms with E-state index in [0.29, 0.717) is 31.8 Å². The minimum absolute atomic E-state index is 0.130. The normalized spacial score (nSPS) is 20.6. The molecule has 0 bridgehead atoms. The zero-order valence-electron chi connectivity index (χ0n) is 11.6. The first-order valence-electron chi connectivity index (χ1n) is 6.83. The van der Waals surface area contributed by atoms with Crippen LogP contribution in [0.25, 0.3) is 0 Å². The smallest absolute Gasteiger partial charge is 0.326 e. The van der Waals surface area contributed by atoms with Crippen LogP contribution in [0.2, 0.25) is 0 Å². The van der Waals surface area contributed by atoms with Crippen molar-refractivity contribution in [3.8, 4) is 0 Å². The van der Waals surface area contributed by atoms with Gasteiger partial charge in [0.15, 0.2) is 0 Å². The maximum Gasteiger partial charge on any atom is 0.326 e. The lowest BCUT2D eigenvalue weighted by Crippen LogP contribution is -2.47. The molecule has 0 aromatic heterocycles. The number of urea groups is 1. The number of carbonyl (C=O) groups is 2. The average molecular weight is 272 g/mol. The van der Waals surface area contributed by atoms with Crippen molar-refractivity contribution in [3.63, 3.8) is 0 Å². The van der Waals surface area contributed by atoms with Gasteiger partial charge in [0.1, 0.15) is 6.04 Å². The molecule has 0 radical (unpaired) electrons. The second-order valence-electron chi connectivity index (χ2n) is 5.58. The molecule has 1 aliphatic rings. The number of hydrogen-bond acceptors (Lipinski definition) is 3. The zero-order valence-corrected chi connectivity index (χ0v) is 11.6. The highest BCUT2D eigenvalue weighted by Crippen LogP contribution is 2.19. The average Bonchev–Trinajstić information content (AvgIpc) is 2.76. The fourth-order valence-electron chi connectivity index (χ4n) is 2.37. The van der Waals surface area contributed by atoms with Crippen LogP contribution in [0.5, 0.6) is 0 Å². The number of rotatable bonds is 6. The first kappa shape index (κ1) is 15.8. The van der Waals surface area contributed by atoms with Crippen molar-refractivity contribution in [3.05, 3.63) is 0 Å². The molecule has 0 spiro atoms. The van der Waals surface area contributed by atoms with Gasteiger partial charge in [0.25, 0.3) is 0 Å². The van der Waals surface area contributed by atoms with Crippen molar-refractivity contribution in [2.45, 2.75) is 39.2 Å². The number of aliphatic hydroxyl groups excluding tert-OH is 1. The van der Waals surface area contributed by atoms with Gasteiger partial charge in [0.2, 0.25) is 0 Å². The molecule has 1 rings (SSSR count). The number of hydrogen-bond donors (Lipinski definition) is 3. The number of carboxylic acid groups (broad SMARTS) is 1. The summed E-state index contributed by atoms with van der Waals surface area (Å²) >= 11 is 0. The van der Waals surface area contributed by atoms with Gasteiger partial charge in [-0.15, -0.1) is 0 Å². The Labute approximate surface area is 113 Å². The van der Waals surface area contributed by atoms with Crippen LogP contribution in [0, 0.1) is 11.8 Å². The van der Waals surface area contributed by atoms with E-state index in [2.05, 4.69) is 5.32 Å². The summed E-state index contributed by atoms with van der Waals surface area (Å²) in [5.41, 5.74) is 0. The predicted molar refractivity (Wildman–Crippen MR) is 70.8 cm³/mol. The van der Waals surface area contributed by atoms with E-state index in [-0.39, 0.29) is 18.6 Å². The minimum atomic E-state index is -0.992. The largest absolute Gasteiger partial charge is 0.480 e. The molecule has 1 fully saturated rings. The molecule has 0 aromatic rings. The second-order valence-corrected chi connectivity index (χ2v) is 5.58. The first-order valence-corrected chi connectivity index (χ1v) is 6.83. The molecule has 1 heterocycles. The van der Waals surface area contributed by atoms with Gasteiger partial charge in [-0.2, -0.15) is 0 Å². The van der Waals surface area contributed by atoms with Crippen LogP contribution in [0.1, 0.15) is 33.1 Å². The Morgan fingerprint density at radius 2 is 2.11 bits per heavy atom. The van der Waals surface area contributed by atoms with Crippen molar-refractivity contribution in [1.29, 1.82) is 0 Å². The Morgan fingerprint density at radius 1 is 1.42 bits per heavy atom. The number of aliphatic hydroxyl groups is 1. The molecular weight excluding hydrogens is 248 g/mol. The monoisotopic (exact) mass is 272 g/mol. The summed E-state index contributed by atoms with van der Waals surface area (Å²) in [5, 5.41) is 20.5. The lowest BCUT2D eigenvalue weighted by atomic mass is 10.0. The third-order valence-electron chi connectivity index (χ3n) is 3.41. The van der Waals surface area contributed by atoms with E-state index >= 15 is 0 Å². The quantitative estimate of drug-likeness (QED) is 0.670. The molecule has 2 atom stereocenters. The van der Waals surface area contributed by atoms with E-state index in [0.717, 1.165) is 6.42 Å². The number of carboxylic acids is 1. The van der Waals surface area contributed by atoms with Crippen LogP contribution in [-0.2, 0) is 4.79 Å². The maximum atomic E-state index is 12.0. The third kappa shape index (κ3) is 5.06. The number of nitrogens with one attached hydrogen (secondary N) is 1. The van der Waals surface area contributed by atoms with E-state index in [9.17, 15) is 9.59 Å². The molecular formula is C13H24N2O4. The van der Waals surface area contributed by atoms with E-state index in [1.807, 2.05) is 13.8 Å². The van der Waals surface area contributed by atoms with E-state index in [4.69, 9.17) is 10.2 Å². The molecule has 0 saturated carbocycles. The van der Waals surface area contributed by atoms with Gasteiger partial charge in [0, 0.05) is 19.7 Å². The van der Waals surface area contributed by atoms with Crippen LogP contribution in [0.3, 0.4) is 0 Å². The zero-order chi connectivity index (χ0) is 14.4. The molecule has 0 aromatic carbocycles. The number of nitrogens with zero attached hydrogens (tertiary/aromatic N) is 1. The fourth-order valence-corrected chi connectivity index (χ4v) is 2.37. The highest BCUT2D eigenvalue weighted by atomic mass is 16.4. The summed E-state index contributed by atoms with van der Waals surface area (Å²) in [4.78, 5) is 24.7. The lowest BCUT2D eigenvalue weighted by Gasteiger charge is -2.22. The molecule has 3 N–H and O–H groups in total. The van der Waals surface area contributed by atoms with Crippen LogP contribution < -0.4 is 5.32 Å². The summed E-state index contributed by atoms with van der Waals surface area (Å²) in [6.45, 7) is 5.21. The lowest BCUT2D eigenvalue weighted by molar-refractivity contribution is -0.139. The Kier molecular flexibility index (Phi) is 6.08. The summed E-state index contributed by atoms with van der Waals surface area (Å²) in [6.07, 6.45) is 1.99. The summed E-state index contributed by atoms with van der Waals surface area (Å²) in [7, 11) is 0. The highest BCUT2D eigenvalue weighted by molar-refractivity contribution is 5.82. The molecule has 6 nitrogen and oxygen atoms in total. The van der Waals surface area contributed by atoms with Crippen LogP contribution >= 0.6 is 0 Å². The van der Waals surface area contributed by atoms with Crippen LogP contribution in [-0.4, -0.2) is 52.9 Å². The second kappa shape index (κ2) is 7.33. The number of aliphatic carboxylic acids is 1. The Bertz CT molecular complexity index is 320. The summed E-state index contributed by atoms with van der Waals surface area (Å²) in [5.74, 6) is -0.459. The molecule has 19 heavy (non-hydrogen) atoms. The molecule has 1 saturated heterocycles. The summed E-state index contributed by atoms with van der Waals surface area (Å²) in [6, 6.07) is -1.14. The minimum Gasteiger partial charge on any atom is -0.480 e. The van der Waals surface area contributed by atoms with Crippen molar-refractivity contribution < 1.29 is 19.8 Å². The third-order valence-corrected chi connectivity index (χ3v) is 3.41. The first-order chi connectivity index (χ1) is 8.93. The number of carbonyl (C=O) groups excluding carboxylic acids is 1. The fraction of sp³-hybridized carbons (Fsp3) is 0.846. The van der Waals surface area contributed by atoms with Crippen molar-refractivity contribution in [2.24, 2.45) is 11.8 Å². The molecule has 0 aliphatic carbocycles. The van der Waals surface area contributed by atoms with E-state index < -0.39 is 12.0 Å². The van der Waals surface area contributed by atoms with Crippen molar-refractivity contribution >= 4 is 12.0 Å². The van der Waals surface area contributed by atoms with Gasteiger partial charge >= 0.3 is 12.0 Å². The van der Waals surface area contributed by atoms with Crippen LogP contribution in [0.4, 0.5) is 4.79 Å². The number of amides is 2. The molecule has 1 unspecified atom stereocenters.